The lowest BCUT2D eigenvalue weighted by molar-refractivity contribution is -0.0102. The van der Waals surface area contributed by atoms with Gasteiger partial charge in [-0.2, -0.15) is 0 Å². The Kier molecular flexibility index (Phi) is 5.19. The molecule has 0 aromatic heterocycles. The van der Waals surface area contributed by atoms with Crippen molar-refractivity contribution in [3.05, 3.63) is 35.4 Å². The topological polar surface area (TPSA) is 24.5 Å². The number of aryl methyl sites for hydroxylation is 1. The van der Waals surface area contributed by atoms with Crippen molar-refractivity contribution in [2.24, 2.45) is 0 Å². The maximum atomic E-state index is 5.44. The van der Waals surface area contributed by atoms with Crippen LogP contribution in [0.5, 0.6) is 0 Å². The van der Waals surface area contributed by atoms with Crippen LogP contribution in [-0.2, 0) is 4.74 Å². The number of ether oxygens (including phenoxy) is 1. The first-order valence-electron chi connectivity index (χ1n) is 7.62. The van der Waals surface area contributed by atoms with Crippen LogP contribution < -0.4 is 5.32 Å². The van der Waals surface area contributed by atoms with Crippen molar-refractivity contribution in [3.8, 4) is 0 Å². The minimum Gasteiger partial charge on any atom is -0.379 e. The van der Waals surface area contributed by atoms with Crippen LogP contribution in [0.4, 0.5) is 0 Å². The second kappa shape index (κ2) is 6.70. The van der Waals surface area contributed by atoms with Gasteiger partial charge in [-0.1, -0.05) is 29.8 Å². The fraction of sp³-hybridized carbons (Fsp3) is 0.647. The number of rotatable bonds is 5. The average molecular weight is 276 g/mol. The molecule has 0 radical (unpaired) electrons. The van der Waals surface area contributed by atoms with E-state index in [9.17, 15) is 0 Å². The first-order valence-corrected chi connectivity index (χ1v) is 7.62. The van der Waals surface area contributed by atoms with Crippen LogP contribution >= 0.6 is 0 Å². The third-order valence-electron chi connectivity index (χ3n) is 4.29. The summed E-state index contributed by atoms with van der Waals surface area (Å²) in [6, 6.07) is 9.18. The smallest absolute Gasteiger partial charge is 0.0594 e. The number of hydrogen-bond donors (Lipinski definition) is 1. The number of morpholine rings is 1. The molecule has 1 aliphatic rings. The molecule has 1 fully saturated rings. The molecule has 3 heteroatoms. The monoisotopic (exact) mass is 276 g/mol. The number of hydrogen-bond acceptors (Lipinski definition) is 3. The van der Waals surface area contributed by atoms with E-state index >= 15 is 0 Å². The van der Waals surface area contributed by atoms with Gasteiger partial charge in [0.25, 0.3) is 0 Å². The number of benzene rings is 1. The molecule has 1 aromatic rings. The minimum atomic E-state index is 0.169. The van der Waals surface area contributed by atoms with Crippen molar-refractivity contribution in [2.45, 2.75) is 39.3 Å². The van der Waals surface area contributed by atoms with E-state index < -0.39 is 0 Å². The summed E-state index contributed by atoms with van der Waals surface area (Å²) in [5.74, 6) is 0. The summed E-state index contributed by atoms with van der Waals surface area (Å²) in [6.07, 6.45) is 0. The molecule has 1 aliphatic heterocycles. The van der Waals surface area contributed by atoms with Gasteiger partial charge >= 0.3 is 0 Å². The lowest BCUT2D eigenvalue weighted by Crippen LogP contribution is -2.54. The Morgan fingerprint density at radius 2 is 1.80 bits per heavy atom. The van der Waals surface area contributed by atoms with E-state index in [0.29, 0.717) is 6.04 Å². The molecule has 1 saturated heterocycles. The Hall–Kier alpha value is -0.900. The zero-order valence-corrected chi connectivity index (χ0v) is 13.3. The van der Waals surface area contributed by atoms with E-state index in [1.54, 1.807) is 0 Å². The lowest BCUT2D eigenvalue weighted by atomic mass is 10.00. The van der Waals surface area contributed by atoms with E-state index in [-0.39, 0.29) is 5.54 Å². The van der Waals surface area contributed by atoms with Crippen molar-refractivity contribution < 1.29 is 4.74 Å². The molecule has 1 unspecified atom stereocenters. The van der Waals surface area contributed by atoms with Gasteiger partial charge in [-0.05, 0) is 33.3 Å². The third-order valence-corrected chi connectivity index (χ3v) is 4.29. The number of nitrogens with one attached hydrogen (secondary N) is 1. The quantitative estimate of drug-likeness (QED) is 0.895. The molecule has 1 atom stereocenters. The largest absolute Gasteiger partial charge is 0.379 e. The van der Waals surface area contributed by atoms with E-state index in [1.807, 2.05) is 0 Å². The van der Waals surface area contributed by atoms with Crippen molar-refractivity contribution in [1.82, 2.24) is 10.2 Å². The summed E-state index contributed by atoms with van der Waals surface area (Å²) in [5.41, 5.74) is 2.84. The Balaban J connectivity index is 1.88. The van der Waals surface area contributed by atoms with E-state index in [4.69, 9.17) is 4.74 Å². The Labute approximate surface area is 123 Å². The standard InChI is InChI=1S/C17H28N2O/c1-14-5-7-16(8-6-14)15(2)18-13-17(3,4)19-9-11-20-12-10-19/h5-8,15,18H,9-13H2,1-4H3. The highest BCUT2D eigenvalue weighted by Gasteiger charge is 2.28. The van der Waals surface area contributed by atoms with Crippen LogP contribution in [-0.4, -0.2) is 43.3 Å². The van der Waals surface area contributed by atoms with Crippen LogP contribution in [0.15, 0.2) is 24.3 Å². The van der Waals surface area contributed by atoms with E-state index in [0.717, 1.165) is 32.8 Å². The highest BCUT2D eigenvalue weighted by atomic mass is 16.5. The predicted molar refractivity (Wildman–Crippen MR) is 84.1 cm³/mol. The van der Waals surface area contributed by atoms with Gasteiger partial charge in [-0.15, -0.1) is 0 Å². The Morgan fingerprint density at radius 3 is 2.40 bits per heavy atom. The highest BCUT2D eigenvalue weighted by Crippen LogP contribution is 2.18. The van der Waals surface area contributed by atoms with Crippen molar-refractivity contribution in [2.75, 3.05) is 32.8 Å². The molecule has 3 nitrogen and oxygen atoms in total. The van der Waals surface area contributed by atoms with Gasteiger partial charge in [0.05, 0.1) is 13.2 Å². The SMILES string of the molecule is Cc1ccc(C(C)NCC(C)(C)N2CCOCC2)cc1. The molecule has 1 aromatic carbocycles. The van der Waals surface area contributed by atoms with Crippen LogP contribution in [0, 0.1) is 6.92 Å². The molecule has 20 heavy (non-hydrogen) atoms. The highest BCUT2D eigenvalue weighted by molar-refractivity contribution is 5.23. The molecular formula is C17H28N2O. The molecule has 1 heterocycles. The lowest BCUT2D eigenvalue weighted by Gasteiger charge is -2.41. The molecule has 2 rings (SSSR count). The van der Waals surface area contributed by atoms with Gasteiger partial charge in [0.2, 0.25) is 0 Å². The van der Waals surface area contributed by atoms with Crippen LogP contribution in [0.1, 0.15) is 37.9 Å². The van der Waals surface area contributed by atoms with Gasteiger partial charge in [-0.25, -0.2) is 0 Å². The van der Waals surface area contributed by atoms with E-state index in [1.165, 1.54) is 11.1 Å². The molecule has 0 saturated carbocycles. The van der Waals surface area contributed by atoms with Crippen molar-refractivity contribution >= 4 is 0 Å². The van der Waals surface area contributed by atoms with Crippen LogP contribution in [0.2, 0.25) is 0 Å². The summed E-state index contributed by atoms with van der Waals surface area (Å²) in [6.45, 7) is 13.8. The normalized spacial score (nSPS) is 19.0. The Morgan fingerprint density at radius 1 is 1.20 bits per heavy atom. The fourth-order valence-corrected chi connectivity index (χ4v) is 2.66. The molecule has 1 N–H and O–H groups in total. The van der Waals surface area contributed by atoms with Gasteiger partial charge in [0.1, 0.15) is 0 Å². The first kappa shape index (κ1) is 15.5. The van der Waals surface area contributed by atoms with Crippen molar-refractivity contribution in [3.63, 3.8) is 0 Å². The average Bonchev–Trinajstić information content (AvgIpc) is 2.46. The zero-order chi connectivity index (χ0) is 14.6. The third kappa shape index (κ3) is 4.05. The van der Waals surface area contributed by atoms with Crippen LogP contribution in [0.25, 0.3) is 0 Å². The van der Waals surface area contributed by atoms with E-state index in [2.05, 4.69) is 62.2 Å². The summed E-state index contributed by atoms with van der Waals surface area (Å²) in [5, 5.41) is 3.67. The maximum absolute atomic E-state index is 5.44. The first-order chi connectivity index (χ1) is 9.49. The predicted octanol–water partition coefficient (Wildman–Crippen LogP) is 2.76. The summed E-state index contributed by atoms with van der Waals surface area (Å²) in [4.78, 5) is 2.52. The molecule has 0 spiro atoms. The number of nitrogens with zero attached hydrogens (tertiary/aromatic N) is 1. The fourth-order valence-electron chi connectivity index (χ4n) is 2.66. The molecule has 112 valence electrons. The van der Waals surface area contributed by atoms with Crippen LogP contribution in [0.3, 0.4) is 0 Å². The minimum absolute atomic E-state index is 0.169. The molecule has 0 aliphatic carbocycles. The summed E-state index contributed by atoms with van der Waals surface area (Å²) >= 11 is 0. The molecule has 0 bridgehead atoms. The van der Waals surface area contributed by atoms with Gasteiger partial charge < -0.3 is 10.1 Å². The second-order valence-corrected chi connectivity index (χ2v) is 6.43. The van der Waals surface area contributed by atoms with Crippen molar-refractivity contribution in [1.29, 1.82) is 0 Å². The molecule has 0 amide bonds. The van der Waals surface area contributed by atoms with Gasteiger partial charge in [0.15, 0.2) is 0 Å². The summed E-state index contributed by atoms with van der Waals surface area (Å²) in [7, 11) is 0. The summed E-state index contributed by atoms with van der Waals surface area (Å²) < 4.78 is 5.44. The maximum Gasteiger partial charge on any atom is 0.0594 e. The van der Waals surface area contributed by atoms with Gasteiger partial charge in [-0.3, -0.25) is 4.90 Å². The second-order valence-electron chi connectivity index (χ2n) is 6.43. The molecular weight excluding hydrogens is 248 g/mol. The zero-order valence-electron chi connectivity index (χ0n) is 13.3. The Bertz CT molecular complexity index is 408. The van der Waals surface area contributed by atoms with Gasteiger partial charge in [0, 0.05) is 31.2 Å².